The zero-order valence-electron chi connectivity index (χ0n) is 17.5. The number of aryl methyl sites for hydroxylation is 2. The third kappa shape index (κ3) is 6.02. The molecule has 6 heteroatoms. The third-order valence-electron chi connectivity index (χ3n) is 4.71. The molecule has 0 saturated heterocycles. The average Bonchev–Trinajstić information content (AvgIpc) is 2.76. The van der Waals surface area contributed by atoms with E-state index < -0.39 is 18.5 Å². The van der Waals surface area contributed by atoms with Crippen LogP contribution in [0.4, 0.5) is 11.4 Å². The van der Waals surface area contributed by atoms with Gasteiger partial charge in [0.1, 0.15) is 0 Å². The highest BCUT2D eigenvalue weighted by Gasteiger charge is 2.16. The van der Waals surface area contributed by atoms with Crippen molar-refractivity contribution in [3.63, 3.8) is 0 Å². The van der Waals surface area contributed by atoms with Crippen LogP contribution in [-0.4, -0.2) is 24.4 Å². The lowest BCUT2D eigenvalue weighted by atomic mass is 10.1. The Balaban J connectivity index is 1.60. The van der Waals surface area contributed by atoms with Gasteiger partial charge in [0.2, 0.25) is 5.91 Å². The second-order valence-corrected chi connectivity index (χ2v) is 7.15. The zero-order valence-corrected chi connectivity index (χ0v) is 17.5. The van der Waals surface area contributed by atoms with Crippen molar-refractivity contribution in [2.45, 2.75) is 20.3 Å². The van der Waals surface area contributed by atoms with Crippen molar-refractivity contribution in [2.24, 2.45) is 0 Å². The van der Waals surface area contributed by atoms with E-state index >= 15 is 0 Å². The number of rotatable bonds is 7. The Morgan fingerprint density at radius 2 is 1.39 bits per heavy atom. The SMILES string of the molecule is Cc1cccc(C)c1NC(=O)COC(=O)c1ccccc1NC(=O)Cc1ccccc1. The van der Waals surface area contributed by atoms with Crippen LogP contribution in [0.1, 0.15) is 27.0 Å². The summed E-state index contributed by atoms with van der Waals surface area (Å²) < 4.78 is 5.18. The number of carbonyl (C=O) groups excluding carboxylic acids is 3. The van der Waals surface area contributed by atoms with Crippen molar-refractivity contribution in [1.29, 1.82) is 0 Å². The summed E-state index contributed by atoms with van der Waals surface area (Å²) in [6.45, 7) is 3.35. The standard InChI is InChI=1S/C25H24N2O4/c1-17-9-8-10-18(2)24(17)27-23(29)16-31-25(30)20-13-6-7-14-21(20)26-22(28)15-19-11-4-3-5-12-19/h3-14H,15-16H2,1-2H3,(H,26,28)(H,27,29). The first-order chi connectivity index (χ1) is 14.9. The molecule has 0 aliphatic carbocycles. The second-order valence-electron chi connectivity index (χ2n) is 7.15. The fraction of sp³-hybridized carbons (Fsp3) is 0.160. The van der Waals surface area contributed by atoms with E-state index in [1.165, 1.54) is 0 Å². The number of anilines is 2. The van der Waals surface area contributed by atoms with E-state index in [0.717, 1.165) is 16.7 Å². The van der Waals surface area contributed by atoms with Crippen LogP contribution < -0.4 is 10.6 Å². The summed E-state index contributed by atoms with van der Waals surface area (Å²) in [7, 11) is 0. The number of hydrogen-bond donors (Lipinski definition) is 2. The molecule has 3 rings (SSSR count). The minimum Gasteiger partial charge on any atom is -0.452 e. The molecule has 0 atom stereocenters. The lowest BCUT2D eigenvalue weighted by Crippen LogP contribution is -2.23. The second kappa shape index (κ2) is 10.2. The normalized spacial score (nSPS) is 10.3. The maximum atomic E-state index is 12.5. The van der Waals surface area contributed by atoms with Crippen LogP contribution in [0.5, 0.6) is 0 Å². The van der Waals surface area contributed by atoms with Gasteiger partial charge in [-0.2, -0.15) is 0 Å². The van der Waals surface area contributed by atoms with Crippen LogP contribution in [0.2, 0.25) is 0 Å². The predicted octanol–water partition coefficient (Wildman–Crippen LogP) is 4.28. The summed E-state index contributed by atoms with van der Waals surface area (Å²) in [6.07, 6.45) is 0.183. The molecular formula is C25H24N2O4. The fourth-order valence-electron chi connectivity index (χ4n) is 3.14. The quantitative estimate of drug-likeness (QED) is 0.563. The lowest BCUT2D eigenvalue weighted by molar-refractivity contribution is -0.119. The number of carbonyl (C=O) groups is 3. The van der Waals surface area contributed by atoms with Gasteiger partial charge in [0, 0.05) is 5.69 Å². The van der Waals surface area contributed by atoms with Crippen molar-refractivity contribution in [1.82, 2.24) is 0 Å². The lowest BCUT2D eigenvalue weighted by Gasteiger charge is -2.13. The van der Waals surface area contributed by atoms with Crippen LogP contribution in [0.3, 0.4) is 0 Å². The highest BCUT2D eigenvalue weighted by Crippen LogP contribution is 2.20. The molecular weight excluding hydrogens is 392 g/mol. The third-order valence-corrected chi connectivity index (χ3v) is 4.71. The molecule has 3 aromatic rings. The Labute approximate surface area is 181 Å². The van der Waals surface area contributed by atoms with Gasteiger partial charge in [0.05, 0.1) is 17.7 Å². The van der Waals surface area contributed by atoms with Gasteiger partial charge >= 0.3 is 5.97 Å². The molecule has 158 valence electrons. The van der Waals surface area contributed by atoms with E-state index in [9.17, 15) is 14.4 Å². The highest BCUT2D eigenvalue weighted by atomic mass is 16.5. The van der Waals surface area contributed by atoms with Gasteiger partial charge in [-0.3, -0.25) is 9.59 Å². The number of esters is 1. The summed E-state index contributed by atoms with van der Waals surface area (Å²) in [6, 6.07) is 21.5. The summed E-state index contributed by atoms with van der Waals surface area (Å²) in [5.74, 6) is -1.37. The van der Waals surface area contributed by atoms with Gasteiger partial charge in [-0.05, 0) is 42.7 Å². The van der Waals surface area contributed by atoms with E-state index in [0.29, 0.717) is 11.4 Å². The van der Waals surface area contributed by atoms with Gasteiger partial charge < -0.3 is 15.4 Å². The first-order valence-electron chi connectivity index (χ1n) is 9.90. The van der Waals surface area contributed by atoms with Crippen LogP contribution in [0.25, 0.3) is 0 Å². The van der Waals surface area contributed by atoms with Crippen LogP contribution in [-0.2, 0) is 20.7 Å². The van der Waals surface area contributed by atoms with E-state index in [4.69, 9.17) is 4.74 Å². The van der Waals surface area contributed by atoms with Gasteiger partial charge in [-0.1, -0.05) is 60.7 Å². The van der Waals surface area contributed by atoms with Crippen molar-refractivity contribution in [2.75, 3.05) is 17.2 Å². The largest absolute Gasteiger partial charge is 0.452 e. The molecule has 0 aliphatic rings. The molecule has 6 nitrogen and oxygen atoms in total. The molecule has 0 unspecified atom stereocenters. The molecule has 0 fully saturated rings. The molecule has 2 N–H and O–H groups in total. The molecule has 0 aromatic heterocycles. The van der Waals surface area contributed by atoms with Crippen molar-refractivity contribution < 1.29 is 19.1 Å². The van der Waals surface area contributed by atoms with Gasteiger partial charge in [0.25, 0.3) is 5.91 Å². The molecule has 0 saturated carbocycles. The van der Waals surface area contributed by atoms with Gasteiger partial charge in [-0.25, -0.2) is 4.79 Å². The van der Waals surface area contributed by atoms with E-state index in [2.05, 4.69) is 10.6 Å². The van der Waals surface area contributed by atoms with Crippen LogP contribution in [0, 0.1) is 13.8 Å². The first-order valence-corrected chi connectivity index (χ1v) is 9.90. The summed E-state index contributed by atoms with van der Waals surface area (Å²) in [4.78, 5) is 37.2. The van der Waals surface area contributed by atoms with E-state index in [1.807, 2.05) is 62.4 Å². The zero-order chi connectivity index (χ0) is 22.2. The number of benzene rings is 3. The monoisotopic (exact) mass is 416 g/mol. The molecule has 31 heavy (non-hydrogen) atoms. The molecule has 0 heterocycles. The smallest absolute Gasteiger partial charge is 0.340 e. The van der Waals surface area contributed by atoms with Gasteiger partial charge in [-0.15, -0.1) is 0 Å². The summed E-state index contributed by atoms with van der Waals surface area (Å²) >= 11 is 0. The molecule has 2 amide bonds. The van der Waals surface area contributed by atoms with Crippen molar-refractivity contribution >= 4 is 29.2 Å². The van der Waals surface area contributed by atoms with Crippen molar-refractivity contribution in [3.05, 3.63) is 95.1 Å². The van der Waals surface area contributed by atoms with Crippen LogP contribution in [0.15, 0.2) is 72.8 Å². The maximum Gasteiger partial charge on any atom is 0.340 e. The fourth-order valence-corrected chi connectivity index (χ4v) is 3.14. The Kier molecular flexibility index (Phi) is 7.17. The van der Waals surface area contributed by atoms with Crippen molar-refractivity contribution in [3.8, 4) is 0 Å². The summed E-state index contributed by atoms with van der Waals surface area (Å²) in [5.41, 5.74) is 3.94. The molecule has 3 aromatic carbocycles. The number of amides is 2. The summed E-state index contributed by atoms with van der Waals surface area (Å²) in [5, 5.41) is 5.52. The highest BCUT2D eigenvalue weighted by molar-refractivity contribution is 6.03. The number of ether oxygens (including phenoxy) is 1. The number of hydrogen-bond acceptors (Lipinski definition) is 4. The molecule has 0 spiro atoms. The van der Waals surface area contributed by atoms with E-state index in [-0.39, 0.29) is 17.9 Å². The van der Waals surface area contributed by atoms with Gasteiger partial charge in [0.15, 0.2) is 6.61 Å². The Morgan fingerprint density at radius 3 is 2.10 bits per heavy atom. The molecule has 0 radical (unpaired) electrons. The maximum absolute atomic E-state index is 12.5. The topological polar surface area (TPSA) is 84.5 Å². The number of nitrogens with one attached hydrogen (secondary N) is 2. The van der Waals surface area contributed by atoms with Crippen LogP contribution >= 0.6 is 0 Å². The minimum atomic E-state index is -0.688. The molecule has 0 bridgehead atoms. The predicted molar refractivity (Wildman–Crippen MR) is 120 cm³/mol. The average molecular weight is 416 g/mol. The first kappa shape index (κ1) is 21.8. The Morgan fingerprint density at radius 1 is 0.742 bits per heavy atom. The minimum absolute atomic E-state index is 0.183. The Hall–Kier alpha value is -3.93. The molecule has 0 aliphatic heterocycles. The Bertz CT molecular complexity index is 1070. The number of para-hydroxylation sites is 2. The van der Waals surface area contributed by atoms with E-state index in [1.54, 1.807) is 24.3 Å².